The number of halogens is 3. The Hall–Kier alpha value is -3.03. The van der Waals surface area contributed by atoms with Gasteiger partial charge in [0.1, 0.15) is 11.4 Å². The van der Waals surface area contributed by atoms with Crippen LogP contribution in [-0.2, 0) is 6.18 Å². The molecule has 2 aliphatic heterocycles. The smallest absolute Gasteiger partial charge is 0.417 e. The van der Waals surface area contributed by atoms with E-state index >= 15 is 0 Å². The van der Waals surface area contributed by atoms with Crippen molar-refractivity contribution < 1.29 is 27.5 Å². The van der Waals surface area contributed by atoms with Crippen LogP contribution in [0.3, 0.4) is 0 Å². The van der Waals surface area contributed by atoms with Crippen molar-refractivity contribution >= 4 is 11.8 Å². The second kappa shape index (κ2) is 7.34. The van der Waals surface area contributed by atoms with Crippen molar-refractivity contribution in [1.82, 2.24) is 10.2 Å². The zero-order valence-electron chi connectivity index (χ0n) is 16.4. The number of amides is 2. The summed E-state index contributed by atoms with van der Waals surface area (Å²) in [5.41, 5.74) is -0.581. The highest BCUT2D eigenvalue weighted by Crippen LogP contribution is 2.35. The maximum Gasteiger partial charge on any atom is 0.417 e. The summed E-state index contributed by atoms with van der Waals surface area (Å²) < 4.78 is 46.1. The molecule has 30 heavy (non-hydrogen) atoms. The van der Waals surface area contributed by atoms with Crippen molar-refractivity contribution in [3.05, 3.63) is 64.7 Å². The minimum atomic E-state index is -4.60. The molecular weight excluding hydrogens is 397 g/mol. The van der Waals surface area contributed by atoms with Crippen molar-refractivity contribution in [2.45, 2.75) is 31.5 Å². The first-order valence-electron chi connectivity index (χ1n) is 9.72. The lowest BCUT2D eigenvalue weighted by Crippen LogP contribution is -2.54. The van der Waals surface area contributed by atoms with Gasteiger partial charge in [-0.05, 0) is 31.2 Å². The Morgan fingerprint density at radius 3 is 2.53 bits per heavy atom. The number of alkyl halides is 3. The number of fused-ring (bicyclic) bond motifs is 1. The Kier molecular flexibility index (Phi) is 4.95. The molecule has 0 atom stereocenters. The Morgan fingerprint density at radius 2 is 1.83 bits per heavy atom. The molecule has 0 unspecified atom stereocenters. The van der Waals surface area contributed by atoms with Crippen LogP contribution in [0.25, 0.3) is 0 Å². The summed E-state index contributed by atoms with van der Waals surface area (Å²) in [6.07, 6.45) is -3.79. The standard InChI is InChI=1S/C22H21F3N2O3/c1-14-6-7-18-16(12-14)19(28)26-13-21(30-18)8-10-27(11-9-21)20(29)15-4-2-3-5-17(15)22(23,24)25/h2-7,12H,8-11,13H2,1H3,(H,26,28). The summed E-state index contributed by atoms with van der Waals surface area (Å²) in [4.78, 5) is 26.6. The van der Waals surface area contributed by atoms with Crippen LogP contribution in [-0.4, -0.2) is 41.9 Å². The van der Waals surface area contributed by atoms with Crippen molar-refractivity contribution in [1.29, 1.82) is 0 Å². The third-order valence-corrected chi connectivity index (χ3v) is 5.70. The molecule has 0 bridgehead atoms. The first kappa shape index (κ1) is 20.3. The predicted octanol–water partition coefficient (Wildman–Crippen LogP) is 3.81. The number of hydrogen-bond acceptors (Lipinski definition) is 3. The summed E-state index contributed by atoms with van der Waals surface area (Å²) in [6.45, 7) is 2.64. The molecule has 0 aliphatic carbocycles. The zero-order valence-corrected chi connectivity index (χ0v) is 16.4. The molecule has 2 aromatic carbocycles. The molecule has 0 aromatic heterocycles. The fourth-order valence-corrected chi connectivity index (χ4v) is 4.00. The minimum absolute atomic E-state index is 0.219. The Morgan fingerprint density at radius 1 is 1.13 bits per heavy atom. The number of ether oxygens (including phenoxy) is 1. The van der Waals surface area contributed by atoms with Crippen LogP contribution in [0.5, 0.6) is 5.75 Å². The summed E-state index contributed by atoms with van der Waals surface area (Å²) >= 11 is 0. The second-order valence-corrected chi connectivity index (χ2v) is 7.80. The van der Waals surface area contributed by atoms with Crippen molar-refractivity contribution in [2.75, 3.05) is 19.6 Å². The lowest BCUT2D eigenvalue weighted by atomic mass is 9.90. The van der Waals surface area contributed by atoms with Gasteiger partial charge in [0, 0.05) is 25.9 Å². The molecule has 1 N–H and O–H groups in total. The molecule has 5 nitrogen and oxygen atoms in total. The van der Waals surface area contributed by atoms with Crippen LogP contribution in [0.1, 0.15) is 44.7 Å². The second-order valence-electron chi connectivity index (χ2n) is 7.80. The first-order valence-corrected chi connectivity index (χ1v) is 9.72. The highest BCUT2D eigenvalue weighted by atomic mass is 19.4. The maximum atomic E-state index is 13.3. The molecule has 158 valence electrons. The Balaban J connectivity index is 1.52. The van der Waals surface area contributed by atoms with Gasteiger partial charge in [-0.2, -0.15) is 13.2 Å². The van der Waals surface area contributed by atoms with Gasteiger partial charge in [-0.1, -0.05) is 23.8 Å². The van der Waals surface area contributed by atoms with E-state index in [0.717, 1.165) is 11.6 Å². The molecule has 2 amide bonds. The average Bonchev–Trinajstić information content (AvgIpc) is 2.85. The molecule has 0 saturated carbocycles. The van der Waals surface area contributed by atoms with E-state index in [1.165, 1.54) is 23.1 Å². The van der Waals surface area contributed by atoms with Crippen LogP contribution < -0.4 is 10.1 Å². The number of benzene rings is 2. The largest absolute Gasteiger partial charge is 0.484 e. The highest BCUT2D eigenvalue weighted by molar-refractivity contribution is 5.98. The Bertz CT molecular complexity index is 995. The topological polar surface area (TPSA) is 58.6 Å². The molecule has 0 radical (unpaired) electrons. The van der Waals surface area contributed by atoms with Gasteiger partial charge in [0.25, 0.3) is 11.8 Å². The molecule has 2 heterocycles. The minimum Gasteiger partial charge on any atom is -0.484 e. The predicted molar refractivity (Wildman–Crippen MR) is 103 cm³/mol. The molecule has 1 saturated heterocycles. The summed E-state index contributed by atoms with van der Waals surface area (Å²) in [6, 6.07) is 10.2. The fraction of sp³-hybridized carbons (Fsp3) is 0.364. The zero-order chi connectivity index (χ0) is 21.5. The molecule has 2 aliphatic rings. The SMILES string of the molecule is Cc1ccc2c(c1)C(=O)NCC1(CCN(C(=O)c3ccccc3C(F)(F)F)CC1)O2. The van der Waals surface area contributed by atoms with Gasteiger partial charge in [-0.25, -0.2) is 0 Å². The summed E-state index contributed by atoms with van der Waals surface area (Å²) in [7, 11) is 0. The third kappa shape index (κ3) is 3.74. The average molecular weight is 418 g/mol. The molecule has 2 aromatic rings. The number of nitrogens with one attached hydrogen (secondary N) is 1. The lowest BCUT2D eigenvalue weighted by Gasteiger charge is -2.41. The van der Waals surface area contributed by atoms with E-state index in [1.807, 2.05) is 13.0 Å². The molecule has 1 fully saturated rings. The van der Waals surface area contributed by atoms with E-state index in [-0.39, 0.29) is 31.1 Å². The molecular formula is C22H21F3N2O3. The lowest BCUT2D eigenvalue weighted by molar-refractivity contribution is -0.138. The van der Waals surface area contributed by atoms with E-state index in [4.69, 9.17) is 4.74 Å². The Labute approximate surface area is 171 Å². The quantitative estimate of drug-likeness (QED) is 0.766. The van der Waals surface area contributed by atoms with Crippen molar-refractivity contribution in [2.24, 2.45) is 0 Å². The molecule has 4 rings (SSSR count). The number of piperidine rings is 1. The number of aryl methyl sites for hydroxylation is 1. The normalized spacial score (nSPS) is 18.3. The maximum absolute atomic E-state index is 13.3. The van der Waals surface area contributed by atoms with Crippen LogP contribution in [0.4, 0.5) is 13.2 Å². The van der Waals surface area contributed by atoms with E-state index in [9.17, 15) is 22.8 Å². The van der Waals surface area contributed by atoms with Crippen LogP contribution in [0.15, 0.2) is 42.5 Å². The molecule has 1 spiro atoms. The van der Waals surface area contributed by atoms with Crippen molar-refractivity contribution in [3.63, 3.8) is 0 Å². The van der Waals surface area contributed by atoms with Crippen LogP contribution in [0, 0.1) is 6.92 Å². The number of rotatable bonds is 1. The van der Waals surface area contributed by atoms with Gasteiger partial charge in [0.05, 0.1) is 23.2 Å². The van der Waals surface area contributed by atoms with Gasteiger partial charge in [-0.3, -0.25) is 9.59 Å². The van der Waals surface area contributed by atoms with Gasteiger partial charge in [0.2, 0.25) is 0 Å². The number of carbonyl (C=O) groups is 2. The number of hydrogen-bond donors (Lipinski definition) is 1. The summed E-state index contributed by atoms with van der Waals surface area (Å²) in [5.74, 6) is -0.382. The van der Waals surface area contributed by atoms with Gasteiger partial charge in [0.15, 0.2) is 0 Å². The number of likely N-dealkylation sites (tertiary alicyclic amines) is 1. The summed E-state index contributed by atoms with van der Waals surface area (Å²) in [5, 5.41) is 2.88. The number of nitrogens with zero attached hydrogens (tertiary/aromatic N) is 1. The highest BCUT2D eigenvalue weighted by Gasteiger charge is 2.42. The van der Waals surface area contributed by atoms with Crippen molar-refractivity contribution in [3.8, 4) is 5.75 Å². The number of carbonyl (C=O) groups excluding carboxylic acids is 2. The van der Waals surface area contributed by atoms with Crippen LogP contribution in [0.2, 0.25) is 0 Å². The monoisotopic (exact) mass is 418 g/mol. The van der Waals surface area contributed by atoms with E-state index in [0.29, 0.717) is 24.2 Å². The first-order chi connectivity index (χ1) is 14.2. The van der Waals surface area contributed by atoms with Crippen LogP contribution >= 0.6 is 0 Å². The van der Waals surface area contributed by atoms with E-state index < -0.39 is 23.2 Å². The van der Waals surface area contributed by atoms with E-state index in [2.05, 4.69) is 5.32 Å². The molecule has 8 heteroatoms. The van der Waals surface area contributed by atoms with Gasteiger partial charge >= 0.3 is 6.18 Å². The van der Waals surface area contributed by atoms with Gasteiger partial charge in [-0.15, -0.1) is 0 Å². The third-order valence-electron chi connectivity index (χ3n) is 5.70. The fourth-order valence-electron chi connectivity index (χ4n) is 4.00. The van der Waals surface area contributed by atoms with Gasteiger partial charge < -0.3 is 15.0 Å². The van der Waals surface area contributed by atoms with E-state index in [1.54, 1.807) is 12.1 Å².